The topological polar surface area (TPSA) is 50.4 Å². The molecule has 1 amide bonds. The minimum Gasteiger partial charge on any atom is -0.377 e. The van der Waals surface area contributed by atoms with E-state index in [9.17, 15) is 4.79 Å². The number of halogens is 3. The van der Waals surface area contributed by atoms with Crippen LogP contribution in [0.5, 0.6) is 0 Å². The van der Waals surface area contributed by atoms with Gasteiger partial charge in [-0.25, -0.2) is 0 Å². The average molecular weight is 332 g/mol. The third kappa shape index (κ3) is 7.00. The van der Waals surface area contributed by atoms with E-state index in [1.165, 1.54) is 0 Å². The molecule has 0 aliphatic carbocycles. The van der Waals surface area contributed by atoms with Crippen molar-refractivity contribution < 1.29 is 9.53 Å². The SMILES string of the molecule is CC(C)CC(=O)N[C@@H](NC[C@H]1CCCO1)C(Cl)(Cl)Cl. The number of rotatable bonds is 6. The number of alkyl halides is 3. The summed E-state index contributed by atoms with van der Waals surface area (Å²) in [6.07, 6.45) is 1.84. The molecule has 1 aliphatic rings. The van der Waals surface area contributed by atoms with Crippen LogP contribution in [0.15, 0.2) is 0 Å². The van der Waals surface area contributed by atoms with Gasteiger partial charge in [0.2, 0.25) is 9.70 Å². The molecule has 0 saturated carbocycles. The number of amides is 1. The minimum atomic E-state index is -1.59. The van der Waals surface area contributed by atoms with E-state index in [0.717, 1.165) is 19.4 Å². The van der Waals surface area contributed by atoms with Crippen LogP contribution in [0.2, 0.25) is 0 Å². The van der Waals surface area contributed by atoms with Gasteiger partial charge in [0.15, 0.2) is 0 Å². The molecule has 0 aromatic carbocycles. The van der Waals surface area contributed by atoms with Crippen molar-refractivity contribution in [3.63, 3.8) is 0 Å². The van der Waals surface area contributed by atoms with Crippen molar-refractivity contribution in [2.45, 2.75) is 49.2 Å². The Labute approximate surface area is 129 Å². The van der Waals surface area contributed by atoms with Gasteiger partial charge in [-0.05, 0) is 18.8 Å². The van der Waals surface area contributed by atoms with Crippen molar-refractivity contribution in [1.82, 2.24) is 10.6 Å². The Hall–Kier alpha value is 0.260. The van der Waals surface area contributed by atoms with Crippen molar-refractivity contribution >= 4 is 40.7 Å². The molecule has 112 valence electrons. The third-order valence-corrected chi connectivity index (χ3v) is 3.45. The van der Waals surface area contributed by atoms with Crippen LogP contribution >= 0.6 is 34.8 Å². The summed E-state index contributed by atoms with van der Waals surface area (Å²) in [4.78, 5) is 11.7. The predicted octanol–water partition coefficient (Wildman–Crippen LogP) is 2.61. The molecule has 19 heavy (non-hydrogen) atoms. The van der Waals surface area contributed by atoms with Gasteiger partial charge < -0.3 is 10.1 Å². The van der Waals surface area contributed by atoms with E-state index in [-0.39, 0.29) is 17.9 Å². The fourth-order valence-corrected chi connectivity index (χ4v) is 2.29. The molecule has 4 nitrogen and oxygen atoms in total. The zero-order valence-electron chi connectivity index (χ0n) is 11.2. The fourth-order valence-electron chi connectivity index (χ4n) is 1.89. The number of carbonyl (C=O) groups excluding carboxylic acids is 1. The molecule has 0 spiro atoms. The predicted molar refractivity (Wildman–Crippen MR) is 78.7 cm³/mol. The van der Waals surface area contributed by atoms with E-state index in [2.05, 4.69) is 10.6 Å². The molecule has 2 atom stereocenters. The molecule has 1 fully saturated rings. The minimum absolute atomic E-state index is 0.122. The first-order chi connectivity index (χ1) is 8.79. The van der Waals surface area contributed by atoms with Gasteiger partial charge in [0.1, 0.15) is 6.17 Å². The van der Waals surface area contributed by atoms with E-state index in [4.69, 9.17) is 39.5 Å². The average Bonchev–Trinajstić information content (AvgIpc) is 2.74. The molecule has 0 bridgehead atoms. The lowest BCUT2D eigenvalue weighted by molar-refractivity contribution is -0.122. The number of nitrogens with one attached hydrogen (secondary N) is 2. The number of hydrogen-bond acceptors (Lipinski definition) is 3. The zero-order valence-corrected chi connectivity index (χ0v) is 13.5. The Morgan fingerprint density at radius 2 is 2.11 bits per heavy atom. The van der Waals surface area contributed by atoms with Gasteiger partial charge in [-0.2, -0.15) is 0 Å². The lowest BCUT2D eigenvalue weighted by Crippen LogP contribution is -2.55. The van der Waals surface area contributed by atoms with Crippen molar-refractivity contribution in [2.75, 3.05) is 13.2 Å². The van der Waals surface area contributed by atoms with E-state index in [1.807, 2.05) is 13.8 Å². The van der Waals surface area contributed by atoms with Crippen molar-refractivity contribution in [1.29, 1.82) is 0 Å². The number of ether oxygens (including phenoxy) is 1. The quantitative estimate of drug-likeness (QED) is 0.581. The molecule has 0 radical (unpaired) electrons. The van der Waals surface area contributed by atoms with Gasteiger partial charge in [0.05, 0.1) is 6.10 Å². The maximum Gasteiger partial charge on any atom is 0.223 e. The second-order valence-corrected chi connectivity index (χ2v) is 7.55. The first kappa shape index (κ1) is 17.3. The van der Waals surface area contributed by atoms with Gasteiger partial charge in [0, 0.05) is 19.6 Å². The second-order valence-electron chi connectivity index (χ2n) is 5.18. The Morgan fingerprint density at radius 1 is 1.42 bits per heavy atom. The first-order valence-corrected chi connectivity index (χ1v) is 7.63. The van der Waals surface area contributed by atoms with Crippen molar-refractivity contribution in [2.24, 2.45) is 5.92 Å². The fraction of sp³-hybridized carbons (Fsp3) is 0.917. The molecule has 0 aromatic heterocycles. The highest BCUT2D eigenvalue weighted by Gasteiger charge is 2.34. The van der Waals surface area contributed by atoms with E-state index < -0.39 is 9.96 Å². The molecular weight excluding hydrogens is 311 g/mol. The third-order valence-electron chi connectivity index (χ3n) is 2.80. The van der Waals surface area contributed by atoms with E-state index in [0.29, 0.717) is 13.0 Å². The Balaban J connectivity index is 2.44. The normalized spacial score (nSPS) is 21.7. The molecule has 0 unspecified atom stereocenters. The Morgan fingerprint density at radius 3 is 2.58 bits per heavy atom. The number of hydrogen-bond donors (Lipinski definition) is 2. The van der Waals surface area contributed by atoms with Crippen LogP contribution in [0.1, 0.15) is 33.1 Å². The van der Waals surface area contributed by atoms with Gasteiger partial charge in [-0.1, -0.05) is 48.7 Å². The maximum atomic E-state index is 11.7. The van der Waals surface area contributed by atoms with Crippen molar-refractivity contribution in [3.8, 4) is 0 Å². The highest BCUT2D eigenvalue weighted by Crippen LogP contribution is 2.29. The first-order valence-electron chi connectivity index (χ1n) is 6.50. The zero-order chi connectivity index (χ0) is 14.5. The van der Waals surface area contributed by atoms with Gasteiger partial charge in [0.25, 0.3) is 0 Å². The molecular formula is C12H21Cl3N2O2. The van der Waals surface area contributed by atoms with Crippen LogP contribution in [0.3, 0.4) is 0 Å². The van der Waals surface area contributed by atoms with Crippen LogP contribution in [-0.4, -0.2) is 35.1 Å². The van der Waals surface area contributed by atoms with Gasteiger partial charge in [-0.15, -0.1) is 0 Å². The summed E-state index contributed by atoms with van der Waals surface area (Å²) in [5.41, 5.74) is 0. The van der Waals surface area contributed by atoms with Crippen LogP contribution in [0.4, 0.5) is 0 Å². The molecule has 2 N–H and O–H groups in total. The summed E-state index contributed by atoms with van der Waals surface area (Å²) in [5.74, 6) is 0.125. The van der Waals surface area contributed by atoms with Gasteiger partial charge in [-0.3, -0.25) is 10.1 Å². The molecule has 1 rings (SSSR count). The van der Waals surface area contributed by atoms with Crippen LogP contribution < -0.4 is 10.6 Å². The Kier molecular flexibility index (Phi) is 7.19. The molecule has 0 aromatic rings. The lowest BCUT2D eigenvalue weighted by Gasteiger charge is -2.28. The molecule has 1 aliphatic heterocycles. The summed E-state index contributed by atoms with van der Waals surface area (Å²) in [5, 5.41) is 5.76. The second kappa shape index (κ2) is 7.89. The summed E-state index contributed by atoms with van der Waals surface area (Å²) < 4.78 is 3.89. The standard InChI is InChI=1S/C12H21Cl3N2O2/c1-8(2)6-10(18)17-11(12(13,14)15)16-7-9-4-3-5-19-9/h8-9,11,16H,3-7H2,1-2H3,(H,17,18)/t9-,11-/m1/s1. The lowest BCUT2D eigenvalue weighted by atomic mass is 10.1. The molecule has 1 saturated heterocycles. The highest BCUT2D eigenvalue weighted by molar-refractivity contribution is 6.68. The summed E-state index contributed by atoms with van der Waals surface area (Å²) in [7, 11) is 0. The van der Waals surface area contributed by atoms with E-state index in [1.54, 1.807) is 0 Å². The Bertz CT molecular complexity index is 289. The number of carbonyl (C=O) groups is 1. The monoisotopic (exact) mass is 330 g/mol. The van der Waals surface area contributed by atoms with Crippen LogP contribution in [-0.2, 0) is 9.53 Å². The van der Waals surface area contributed by atoms with Crippen LogP contribution in [0, 0.1) is 5.92 Å². The van der Waals surface area contributed by atoms with Crippen molar-refractivity contribution in [3.05, 3.63) is 0 Å². The van der Waals surface area contributed by atoms with E-state index >= 15 is 0 Å². The summed E-state index contributed by atoms with van der Waals surface area (Å²) >= 11 is 17.6. The molecule has 7 heteroatoms. The smallest absolute Gasteiger partial charge is 0.223 e. The summed E-state index contributed by atoms with van der Waals surface area (Å²) in [6, 6.07) is 0. The largest absolute Gasteiger partial charge is 0.377 e. The maximum absolute atomic E-state index is 11.7. The highest BCUT2D eigenvalue weighted by atomic mass is 35.6. The van der Waals surface area contributed by atoms with Gasteiger partial charge >= 0.3 is 0 Å². The molecule has 1 heterocycles. The van der Waals surface area contributed by atoms with Crippen LogP contribution in [0.25, 0.3) is 0 Å². The summed E-state index contributed by atoms with van der Waals surface area (Å²) in [6.45, 7) is 5.25.